The number of imide groups is 1. The summed E-state index contributed by atoms with van der Waals surface area (Å²) in [7, 11) is 0. The first-order chi connectivity index (χ1) is 13.5. The Hall–Kier alpha value is -3.20. The van der Waals surface area contributed by atoms with E-state index in [0.29, 0.717) is 11.4 Å². The first-order valence-corrected chi connectivity index (χ1v) is 9.46. The number of carbonyl (C=O) groups excluding carboxylic acids is 3. The second kappa shape index (κ2) is 7.43. The molecule has 0 fully saturated rings. The van der Waals surface area contributed by atoms with Gasteiger partial charge in [-0.05, 0) is 40.8 Å². The number of thioether (sulfide) groups is 1. The molecule has 0 aliphatic carbocycles. The first-order valence-electron chi connectivity index (χ1n) is 8.51. The number of fused-ring (bicyclic) bond motifs is 1. The molecular formula is C19H15FN4O3S. The minimum absolute atomic E-state index is 0.0444. The predicted molar refractivity (Wildman–Crippen MR) is 104 cm³/mol. The number of aromatic amines is 1. The van der Waals surface area contributed by atoms with E-state index in [1.807, 2.05) is 0 Å². The second-order valence-corrected chi connectivity index (χ2v) is 7.21. The van der Waals surface area contributed by atoms with Crippen LogP contribution in [0.25, 0.3) is 11.1 Å². The summed E-state index contributed by atoms with van der Waals surface area (Å²) >= 11 is 1.31. The fourth-order valence-electron chi connectivity index (χ4n) is 2.95. The van der Waals surface area contributed by atoms with Gasteiger partial charge in [0.05, 0.1) is 5.71 Å². The van der Waals surface area contributed by atoms with Gasteiger partial charge in [-0.15, -0.1) is 11.8 Å². The fraction of sp³-hybridized carbons (Fsp3) is 0.158. The van der Waals surface area contributed by atoms with Gasteiger partial charge >= 0.3 is 6.03 Å². The highest BCUT2D eigenvalue weighted by Crippen LogP contribution is 2.27. The van der Waals surface area contributed by atoms with E-state index in [1.54, 1.807) is 35.9 Å². The Kier molecular flexibility index (Phi) is 4.82. The highest BCUT2D eigenvalue weighted by Gasteiger charge is 2.38. The van der Waals surface area contributed by atoms with Gasteiger partial charge in [-0.1, -0.05) is 12.1 Å². The first kappa shape index (κ1) is 18.2. The lowest BCUT2D eigenvalue weighted by atomic mass is 10.1. The van der Waals surface area contributed by atoms with Gasteiger partial charge in [0.1, 0.15) is 16.8 Å². The molecule has 0 saturated carbocycles. The summed E-state index contributed by atoms with van der Waals surface area (Å²) in [5.74, 6) is -1.02. The van der Waals surface area contributed by atoms with Crippen LogP contribution in [0.1, 0.15) is 10.5 Å². The van der Waals surface area contributed by atoms with Crippen molar-refractivity contribution >= 4 is 35.3 Å². The van der Waals surface area contributed by atoms with Gasteiger partial charge in [-0.25, -0.2) is 9.18 Å². The molecule has 1 aromatic carbocycles. The molecule has 1 aromatic heterocycles. The monoisotopic (exact) mass is 398 g/mol. The number of allylic oxidation sites excluding steroid dienone is 1. The van der Waals surface area contributed by atoms with Gasteiger partial charge < -0.3 is 10.3 Å². The maximum Gasteiger partial charge on any atom is 0.350 e. The van der Waals surface area contributed by atoms with E-state index in [1.165, 1.54) is 23.9 Å². The summed E-state index contributed by atoms with van der Waals surface area (Å²) in [5.41, 5.74) is 2.32. The number of H-pyrrole nitrogens is 1. The van der Waals surface area contributed by atoms with Crippen molar-refractivity contribution in [3.63, 3.8) is 0 Å². The van der Waals surface area contributed by atoms with Crippen molar-refractivity contribution in [2.24, 2.45) is 4.99 Å². The second-order valence-electron chi connectivity index (χ2n) is 6.19. The molecule has 28 heavy (non-hydrogen) atoms. The Balaban J connectivity index is 1.34. The molecule has 0 bridgehead atoms. The molecule has 1 unspecified atom stereocenters. The fourth-order valence-corrected chi connectivity index (χ4v) is 3.84. The smallest absolute Gasteiger partial charge is 0.350 e. The number of rotatable bonds is 5. The summed E-state index contributed by atoms with van der Waals surface area (Å²) in [6, 6.07) is 6.98. The molecule has 2 aromatic rings. The number of halogens is 1. The van der Waals surface area contributed by atoms with Crippen LogP contribution in [0.3, 0.4) is 0 Å². The Morgan fingerprint density at radius 2 is 2.04 bits per heavy atom. The number of aromatic nitrogens is 1. The quantitative estimate of drug-likeness (QED) is 0.809. The molecule has 3 heterocycles. The Labute approximate surface area is 163 Å². The molecule has 0 radical (unpaired) electrons. The van der Waals surface area contributed by atoms with Crippen molar-refractivity contribution in [3.8, 4) is 11.1 Å². The lowest BCUT2D eigenvalue weighted by molar-refractivity contribution is -0.126. The Morgan fingerprint density at radius 1 is 1.25 bits per heavy atom. The van der Waals surface area contributed by atoms with Crippen LogP contribution in [-0.4, -0.2) is 51.8 Å². The summed E-state index contributed by atoms with van der Waals surface area (Å²) in [6.07, 6.45) is 3.31. The molecule has 4 amide bonds. The molecule has 142 valence electrons. The molecular weight excluding hydrogens is 383 g/mol. The molecule has 7 nitrogen and oxygen atoms in total. The van der Waals surface area contributed by atoms with E-state index < -0.39 is 11.3 Å². The average molecular weight is 398 g/mol. The van der Waals surface area contributed by atoms with Crippen LogP contribution in [0.4, 0.5) is 9.18 Å². The number of carbonyl (C=O) groups is 3. The van der Waals surface area contributed by atoms with Gasteiger partial charge in [0.15, 0.2) is 0 Å². The number of urea groups is 1. The lowest BCUT2D eigenvalue weighted by Crippen LogP contribution is -2.49. The van der Waals surface area contributed by atoms with E-state index in [9.17, 15) is 18.8 Å². The molecule has 2 N–H and O–H groups in total. The number of hydrogen-bond donors (Lipinski definition) is 2. The van der Waals surface area contributed by atoms with E-state index in [-0.39, 0.29) is 30.7 Å². The van der Waals surface area contributed by atoms with Crippen molar-refractivity contribution in [2.75, 3.05) is 13.1 Å². The topological polar surface area (TPSA) is 94.6 Å². The average Bonchev–Trinajstić information content (AvgIpc) is 3.34. The van der Waals surface area contributed by atoms with Crippen LogP contribution >= 0.6 is 11.8 Å². The van der Waals surface area contributed by atoms with Crippen molar-refractivity contribution in [1.82, 2.24) is 15.2 Å². The number of nitrogens with one attached hydrogen (secondary N) is 2. The highest BCUT2D eigenvalue weighted by molar-refractivity contribution is 8.04. The third-order valence-electron chi connectivity index (χ3n) is 4.39. The predicted octanol–water partition coefficient (Wildman–Crippen LogP) is 2.58. The standard InChI is InChI=1S/C19H15FN4O3S/c20-13-3-1-11(2-4-13)12-9-15(22-10-12)17(25)21-6-7-24-18(26)16-14(5-8-28-16)23-19(24)27/h1-5,8-10,16,22H,6-7H2,(H,21,25). The van der Waals surface area contributed by atoms with Gasteiger partial charge in [-0.2, -0.15) is 4.99 Å². The summed E-state index contributed by atoms with van der Waals surface area (Å²) in [4.78, 5) is 44.5. The number of aliphatic imine (C=N–C) groups is 1. The van der Waals surface area contributed by atoms with Crippen molar-refractivity contribution in [3.05, 3.63) is 59.5 Å². The van der Waals surface area contributed by atoms with Gasteiger partial charge in [0.25, 0.3) is 5.91 Å². The van der Waals surface area contributed by atoms with E-state index >= 15 is 0 Å². The Morgan fingerprint density at radius 3 is 2.82 bits per heavy atom. The SMILES string of the molecule is O=C(NCCN1C(=O)N=C2C=CSC2C1=O)c1cc(-c2ccc(F)cc2)c[nH]1. The summed E-state index contributed by atoms with van der Waals surface area (Å²) in [6.45, 7) is 0.152. The van der Waals surface area contributed by atoms with Crippen LogP contribution < -0.4 is 5.32 Å². The molecule has 9 heteroatoms. The zero-order valence-corrected chi connectivity index (χ0v) is 15.3. The van der Waals surface area contributed by atoms with Crippen LogP contribution in [0, 0.1) is 5.82 Å². The van der Waals surface area contributed by atoms with Gasteiger partial charge in [-0.3, -0.25) is 14.5 Å². The molecule has 0 saturated heterocycles. The van der Waals surface area contributed by atoms with Crippen molar-refractivity contribution in [2.45, 2.75) is 5.25 Å². The number of nitrogens with zero attached hydrogens (tertiary/aromatic N) is 2. The third kappa shape index (κ3) is 3.48. The van der Waals surface area contributed by atoms with Crippen molar-refractivity contribution in [1.29, 1.82) is 0 Å². The van der Waals surface area contributed by atoms with Crippen LogP contribution in [0.15, 0.2) is 53.0 Å². The highest BCUT2D eigenvalue weighted by atomic mass is 32.2. The van der Waals surface area contributed by atoms with E-state index in [2.05, 4.69) is 15.3 Å². The minimum Gasteiger partial charge on any atom is -0.357 e. The summed E-state index contributed by atoms with van der Waals surface area (Å²) in [5, 5.41) is 3.94. The summed E-state index contributed by atoms with van der Waals surface area (Å²) < 4.78 is 13.0. The van der Waals surface area contributed by atoms with E-state index in [0.717, 1.165) is 16.0 Å². The normalized spacial score (nSPS) is 18.2. The molecule has 2 aliphatic heterocycles. The number of hydrogen-bond acceptors (Lipinski definition) is 4. The number of amides is 4. The van der Waals surface area contributed by atoms with Crippen molar-refractivity contribution < 1.29 is 18.8 Å². The van der Waals surface area contributed by atoms with E-state index in [4.69, 9.17) is 0 Å². The Bertz CT molecular complexity index is 1010. The lowest BCUT2D eigenvalue weighted by Gasteiger charge is -2.25. The molecule has 0 spiro atoms. The minimum atomic E-state index is -0.615. The van der Waals surface area contributed by atoms with Crippen LogP contribution in [0.2, 0.25) is 0 Å². The largest absolute Gasteiger partial charge is 0.357 e. The van der Waals surface area contributed by atoms with Crippen LogP contribution in [0.5, 0.6) is 0 Å². The zero-order valence-electron chi connectivity index (χ0n) is 14.5. The molecule has 2 aliphatic rings. The number of benzene rings is 1. The molecule has 1 atom stereocenters. The maximum atomic E-state index is 13.0. The third-order valence-corrected chi connectivity index (χ3v) is 5.40. The van der Waals surface area contributed by atoms with Gasteiger partial charge in [0.2, 0.25) is 5.91 Å². The maximum absolute atomic E-state index is 13.0. The van der Waals surface area contributed by atoms with Gasteiger partial charge in [0, 0.05) is 19.3 Å². The zero-order chi connectivity index (χ0) is 19.7. The molecule has 4 rings (SSSR count). The van der Waals surface area contributed by atoms with Crippen LogP contribution in [-0.2, 0) is 4.79 Å².